The van der Waals surface area contributed by atoms with Gasteiger partial charge in [-0.2, -0.15) is 0 Å². The molecule has 1 fully saturated rings. The summed E-state index contributed by atoms with van der Waals surface area (Å²) >= 11 is 0. The Labute approximate surface area is 102 Å². The molecular formula is C14H18O3. The molecule has 17 heavy (non-hydrogen) atoms. The zero-order chi connectivity index (χ0) is 12.5. The predicted octanol–water partition coefficient (Wildman–Crippen LogP) is 2.71. The Balaban J connectivity index is 2.47. The summed E-state index contributed by atoms with van der Waals surface area (Å²) < 4.78 is 11.0. The molecule has 0 saturated heterocycles. The van der Waals surface area contributed by atoms with E-state index in [4.69, 9.17) is 9.47 Å². The average molecular weight is 234 g/mol. The summed E-state index contributed by atoms with van der Waals surface area (Å²) in [6.07, 6.45) is 1.82. The number of Topliss-reactive ketones (excluding diaryl/α,β-unsaturated/α-hetero) is 1. The van der Waals surface area contributed by atoms with Crippen LogP contribution in [0.1, 0.15) is 32.3 Å². The lowest BCUT2D eigenvalue weighted by Crippen LogP contribution is -2.18. The second kappa shape index (κ2) is 4.40. The first-order chi connectivity index (χ1) is 8.15. The monoisotopic (exact) mass is 234 g/mol. The van der Waals surface area contributed by atoms with Gasteiger partial charge in [0.05, 0.1) is 19.1 Å². The molecule has 0 bridgehead atoms. The molecular weight excluding hydrogens is 216 g/mol. The largest absolute Gasteiger partial charge is 0.493 e. The number of hydrogen-bond donors (Lipinski definition) is 0. The molecule has 1 aromatic rings. The number of para-hydroxylation sites is 1. The molecule has 3 nitrogen and oxygen atoms in total. The fourth-order valence-electron chi connectivity index (χ4n) is 2.31. The van der Waals surface area contributed by atoms with Crippen LogP contribution in [-0.2, 0) is 10.2 Å². The summed E-state index contributed by atoms with van der Waals surface area (Å²) in [4.78, 5) is 11.8. The topological polar surface area (TPSA) is 35.5 Å². The molecule has 1 aliphatic rings. The van der Waals surface area contributed by atoms with Crippen molar-refractivity contribution in [3.05, 3.63) is 23.8 Å². The Morgan fingerprint density at radius 3 is 2.59 bits per heavy atom. The Kier molecular flexibility index (Phi) is 3.09. The maximum absolute atomic E-state index is 11.8. The number of benzene rings is 1. The highest BCUT2D eigenvalue weighted by molar-refractivity contribution is 5.92. The van der Waals surface area contributed by atoms with Crippen LogP contribution in [0.25, 0.3) is 0 Å². The van der Waals surface area contributed by atoms with Gasteiger partial charge in [0.1, 0.15) is 5.78 Å². The van der Waals surface area contributed by atoms with E-state index in [0.717, 1.165) is 24.2 Å². The molecule has 0 aliphatic heterocycles. The summed E-state index contributed by atoms with van der Waals surface area (Å²) in [5.41, 5.74) is 0.650. The zero-order valence-electron chi connectivity index (χ0n) is 10.6. The number of carbonyl (C=O) groups excluding carboxylic acids is 1. The van der Waals surface area contributed by atoms with Crippen molar-refractivity contribution in [3.63, 3.8) is 0 Å². The van der Waals surface area contributed by atoms with Gasteiger partial charge in [-0.3, -0.25) is 4.79 Å². The number of ketones is 1. The van der Waals surface area contributed by atoms with Gasteiger partial charge >= 0.3 is 0 Å². The minimum absolute atomic E-state index is 0.212. The van der Waals surface area contributed by atoms with E-state index in [0.29, 0.717) is 12.4 Å². The fourth-order valence-corrected chi connectivity index (χ4v) is 2.31. The Hall–Kier alpha value is -1.51. The summed E-state index contributed by atoms with van der Waals surface area (Å²) in [7, 11) is 1.62. The second-order valence-electron chi connectivity index (χ2n) is 4.41. The van der Waals surface area contributed by atoms with Crippen molar-refractivity contribution in [2.75, 3.05) is 13.7 Å². The molecule has 0 unspecified atom stereocenters. The van der Waals surface area contributed by atoms with E-state index in [1.54, 1.807) is 14.0 Å². The summed E-state index contributed by atoms with van der Waals surface area (Å²) in [6, 6.07) is 5.77. The van der Waals surface area contributed by atoms with Crippen molar-refractivity contribution < 1.29 is 14.3 Å². The molecule has 0 heterocycles. The molecule has 3 heteroatoms. The highest BCUT2D eigenvalue weighted by Crippen LogP contribution is 2.53. The van der Waals surface area contributed by atoms with Crippen molar-refractivity contribution in [2.24, 2.45) is 0 Å². The van der Waals surface area contributed by atoms with Gasteiger partial charge in [0, 0.05) is 5.56 Å². The first kappa shape index (κ1) is 12.0. The molecule has 0 spiro atoms. The van der Waals surface area contributed by atoms with Gasteiger partial charge in [0.25, 0.3) is 0 Å². The normalized spacial score (nSPS) is 16.4. The van der Waals surface area contributed by atoms with Gasteiger partial charge in [-0.25, -0.2) is 0 Å². The summed E-state index contributed by atoms with van der Waals surface area (Å²) in [5.74, 6) is 1.64. The molecule has 1 saturated carbocycles. The van der Waals surface area contributed by atoms with E-state index < -0.39 is 0 Å². The molecule has 0 amide bonds. The minimum atomic E-state index is -0.321. The predicted molar refractivity (Wildman–Crippen MR) is 65.8 cm³/mol. The molecule has 92 valence electrons. The first-order valence-corrected chi connectivity index (χ1v) is 5.97. The van der Waals surface area contributed by atoms with Crippen LogP contribution in [0.5, 0.6) is 11.5 Å². The minimum Gasteiger partial charge on any atom is -0.493 e. The van der Waals surface area contributed by atoms with Gasteiger partial charge in [0.15, 0.2) is 11.5 Å². The van der Waals surface area contributed by atoms with Gasteiger partial charge < -0.3 is 9.47 Å². The number of ether oxygens (including phenoxy) is 2. The number of methoxy groups -OCH3 is 1. The number of carbonyl (C=O) groups is 1. The van der Waals surface area contributed by atoms with Gasteiger partial charge in [-0.1, -0.05) is 12.1 Å². The molecule has 0 radical (unpaired) electrons. The van der Waals surface area contributed by atoms with E-state index in [1.165, 1.54) is 0 Å². The highest BCUT2D eigenvalue weighted by atomic mass is 16.5. The fraction of sp³-hybridized carbons (Fsp3) is 0.500. The first-order valence-electron chi connectivity index (χ1n) is 5.97. The van der Waals surface area contributed by atoms with Crippen molar-refractivity contribution >= 4 is 5.78 Å². The smallest absolute Gasteiger partial charge is 0.164 e. The van der Waals surface area contributed by atoms with Gasteiger partial charge in [-0.05, 0) is 32.8 Å². The quantitative estimate of drug-likeness (QED) is 0.785. The van der Waals surface area contributed by atoms with Crippen LogP contribution in [0.4, 0.5) is 0 Å². The third kappa shape index (κ3) is 1.90. The molecule has 1 aromatic carbocycles. The number of rotatable bonds is 5. The third-order valence-electron chi connectivity index (χ3n) is 3.42. The Morgan fingerprint density at radius 2 is 2.12 bits per heavy atom. The van der Waals surface area contributed by atoms with Crippen LogP contribution in [0.15, 0.2) is 18.2 Å². The SMILES string of the molecule is CCOc1cccc(C2(C(C)=O)CC2)c1OC. The van der Waals surface area contributed by atoms with Crippen molar-refractivity contribution in [2.45, 2.75) is 32.1 Å². The standard InChI is InChI=1S/C14H18O3/c1-4-17-12-7-5-6-11(13(12)16-3)14(8-9-14)10(2)15/h5-7H,4,8-9H2,1-3H3. The van der Waals surface area contributed by atoms with Gasteiger partial charge in [-0.15, -0.1) is 0 Å². The van der Waals surface area contributed by atoms with Gasteiger partial charge in [0.2, 0.25) is 0 Å². The van der Waals surface area contributed by atoms with Crippen LogP contribution in [0, 0.1) is 0 Å². The van der Waals surface area contributed by atoms with Crippen molar-refractivity contribution in [1.82, 2.24) is 0 Å². The lowest BCUT2D eigenvalue weighted by Gasteiger charge is -2.18. The number of hydrogen-bond acceptors (Lipinski definition) is 3. The van der Waals surface area contributed by atoms with E-state index in [9.17, 15) is 4.79 Å². The van der Waals surface area contributed by atoms with Crippen LogP contribution >= 0.6 is 0 Å². The van der Waals surface area contributed by atoms with Crippen molar-refractivity contribution in [1.29, 1.82) is 0 Å². The van der Waals surface area contributed by atoms with E-state index in [1.807, 2.05) is 25.1 Å². The van der Waals surface area contributed by atoms with Crippen LogP contribution in [0.3, 0.4) is 0 Å². The maximum Gasteiger partial charge on any atom is 0.164 e. The average Bonchev–Trinajstić information content (AvgIpc) is 3.10. The summed E-state index contributed by atoms with van der Waals surface area (Å²) in [5, 5.41) is 0. The second-order valence-corrected chi connectivity index (χ2v) is 4.41. The molecule has 0 atom stereocenters. The maximum atomic E-state index is 11.8. The van der Waals surface area contributed by atoms with E-state index in [2.05, 4.69) is 0 Å². The molecule has 2 rings (SSSR count). The molecule has 0 N–H and O–H groups in total. The van der Waals surface area contributed by atoms with Crippen molar-refractivity contribution in [3.8, 4) is 11.5 Å². The summed E-state index contributed by atoms with van der Waals surface area (Å²) in [6.45, 7) is 4.18. The van der Waals surface area contributed by atoms with E-state index in [-0.39, 0.29) is 11.2 Å². The molecule has 1 aliphatic carbocycles. The van der Waals surface area contributed by atoms with Crippen LogP contribution in [-0.4, -0.2) is 19.5 Å². The Morgan fingerprint density at radius 1 is 1.41 bits per heavy atom. The lowest BCUT2D eigenvalue weighted by molar-refractivity contribution is -0.119. The highest BCUT2D eigenvalue weighted by Gasteiger charge is 2.50. The molecule has 0 aromatic heterocycles. The zero-order valence-corrected chi connectivity index (χ0v) is 10.6. The van der Waals surface area contributed by atoms with Crippen LogP contribution < -0.4 is 9.47 Å². The Bertz CT molecular complexity index is 433. The van der Waals surface area contributed by atoms with Crippen LogP contribution in [0.2, 0.25) is 0 Å². The third-order valence-corrected chi connectivity index (χ3v) is 3.42. The lowest BCUT2D eigenvalue weighted by atomic mass is 9.91. The van der Waals surface area contributed by atoms with E-state index >= 15 is 0 Å².